The lowest BCUT2D eigenvalue weighted by Crippen LogP contribution is -2.10. The van der Waals surface area contributed by atoms with E-state index in [1.807, 2.05) is 19.3 Å². The lowest BCUT2D eigenvalue weighted by molar-refractivity contribution is -0.388. The van der Waals surface area contributed by atoms with Crippen molar-refractivity contribution in [2.45, 2.75) is 13.3 Å². The molecule has 2 aromatic rings. The minimum absolute atomic E-state index is 0.138. The highest BCUT2D eigenvalue weighted by molar-refractivity contribution is 5.53. The Hall–Kier alpha value is -2.38. The lowest BCUT2D eigenvalue weighted by Gasteiger charge is -2.05. The van der Waals surface area contributed by atoms with Crippen LogP contribution in [0.5, 0.6) is 0 Å². The van der Waals surface area contributed by atoms with E-state index in [0.717, 1.165) is 5.69 Å². The van der Waals surface area contributed by atoms with E-state index in [2.05, 4.69) is 15.4 Å². The normalized spacial score (nSPS) is 10.7. The average Bonchev–Trinajstić information content (AvgIpc) is 2.87. The van der Waals surface area contributed by atoms with E-state index in [1.54, 1.807) is 23.2 Å². The minimum atomic E-state index is -0.476. The van der Waals surface area contributed by atoms with Crippen molar-refractivity contribution in [3.8, 4) is 0 Å². The number of aryl methyl sites for hydroxylation is 2. The Morgan fingerprint density at radius 1 is 1.47 bits per heavy atom. The summed E-state index contributed by atoms with van der Waals surface area (Å²) in [6, 6.07) is 1.92. The van der Waals surface area contributed by atoms with Crippen LogP contribution in [0.4, 0.5) is 11.6 Å². The van der Waals surface area contributed by atoms with Gasteiger partial charge in [-0.15, -0.1) is 0 Å². The molecule has 0 saturated carbocycles. The number of imidazole rings is 1. The van der Waals surface area contributed by atoms with Crippen molar-refractivity contribution in [3.63, 3.8) is 0 Å². The van der Waals surface area contributed by atoms with E-state index in [4.69, 9.17) is 0 Å². The molecule has 0 aliphatic rings. The number of nitro groups is 1. The molecule has 0 radical (unpaired) electrons. The third-order valence-corrected chi connectivity index (χ3v) is 2.92. The first-order chi connectivity index (χ1) is 8.99. The van der Waals surface area contributed by atoms with E-state index in [1.165, 1.54) is 0 Å². The van der Waals surface area contributed by atoms with Crippen LogP contribution in [-0.2, 0) is 20.5 Å². The molecule has 2 aromatic heterocycles. The molecule has 0 amide bonds. The van der Waals surface area contributed by atoms with Gasteiger partial charge in [0.2, 0.25) is 11.6 Å². The van der Waals surface area contributed by atoms with Gasteiger partial charge in [0, 0.05) is 40.2 Å². The van der Waals surface area contributed by atoms with Crippen LogP contribution in [0.15, 0.2) is 12.3 Å². The maximum Gasteiger partial charge on any atom is 0.406 e. The van der Waals surface area contributed by atoms with Gasteiger partial charge in [0.05, 0.1) is 5.69 Å². The number of nitrogens with one attached hydrogen (secondary N) is 1. The number of rotatable bonds is 5. The summed E-state index contributed by atoms with van der Waals surface area (Å²) < 4.78 is 3.41. The van der Waals surface area contributed by atoms with Crippen molar-refractivity contribution >= 4 is 11.6 Å². The molecule has 0 aliphatic carbocycles. The Balaban J connectivity index is 2.05. The van der Waals surface area contributed by atoms with Gasteiger partial charge in [0.1, 0.15) is 0 Å². The second kappa shape index (κ2) is 5.09. The van der Waals surface area contributed by atoms with Gasteiger partial charge in [-0.1, -0.05) is 0 Å². The summed E-state index contributed by atoms with van der Waals surface area (Å²) >= 11 is 0. The van der Waals surface area contributed by atoms with Crippen LogP contribution in [-0.4, -0.2) is 30.8 Å². The molecular weight excluding hydrogens is 248 g/mol. The second-order valence-corrected chi connectivity index (χ2v) is 4.30. The standard InChI is InChI=1S/C11H16N6O2/c1-8-13-11(17(18)19)10(16(8)3)12-6-4-9-5-7-15(2)14-9/h5,7,12H,4,6H2,1-3H3. The minimum Gasteiger partial charge on any atom is -0.364 e. The smallest absolute Gasteiger partial charge is 0.364 e. The zero-order valence-corrected chi connectivity index (χ0v) is 11.1. The van der Waals surface area contributed by atoms with Gasteiger partial charge in [-0.3, -0.25) is 9.25 Å². The topological polar surface area (TPSA) is 90.8 Å². The highest BCUT2D eigenvalue weighted by Gasteiger charge is 2.22. The first-order valence-electron chi connectivity index (χ1n) is 5.89. The molecule has 0 spiro atoms. The Labute approximate surface area is 110 Å². The number of aromatic nitrogens is 4. The van der Waals surface area contributed by atoms with Gasteiger partial charge in [-0.05, 0) is 16.0 Å². The second-order valence-electron chi connectivity index (χ2n) is 4.30. The number of anilines is 1. The summed E-state index contributed by atoms with van der Waals surface area (Å²) in [5.41, 5.74) is 0.941. The van der Waals surface area contributed by atoms with Gasteiger partial charge in [0.25, 0.3) is 0 Å². The summed E-state index contributed by atoms with van der Waals surface area (Å²) in [6.07, 6.45) is 2.56. The fourth-order valence-corrected chi connectivity index (χ4v) is 1.82. The van der Waals surface area contributed by atoms with Crippen LogP contribution in [0, 0.1) is 17.0 Å². The summed E-state index contributed by atoms with van der Waals surface area (Å²) in [5, 5.41) is 18.2. The largest absolute Gasteiger partial charge is 0.406 e. The van der Waals surface area contributed by atoms with Gasteiger partial charge in [-0.25, -0.2) is 0 Å². The molecule has 0 fully saturated rings. The molecule has 2 heterocycles. The molecular formula is C11H16N6O2. The van der Waals surface area contributed by atoms with E-state index < -0.39 is 4.92 Å². The summed E-state index contributed by atoms with van der Waals surface area (Å²) in [6.45, 7) is 2.30. The maximum atomic E-state index is 10.9. The van der Waals surface area contributed by atoms with Crippen LogP contribution in [0.3, 0.4) is 0 Å². The fourth-order valence-electron chi connectivity index (χ4n) is 1.82. The number of hydrogen-bond donors (Lipinski definition) is 1. The monoisotopic (exact) mass is 264 g/mol. The summed E-state index contributed by atoms with van der Waals surface area (Å²) in [5.74, 6) is 0.895. The Bertz CT molecular complexity index is 600. The van der Waals surface area contributed by atoms with Crippen LogP contribution >= 0.6 is 0 Å². The SMILES string of the molecule is Cc1nc([N+](=O)[O-])c(NCCc2ccn(C)n2)n1C. The summed E-state index contributed by atoms with van der Waals surface area (Å²) in [4.78, 5) is 14.3. The highest BCUT2D eigenvalue weighted by atomic mass is 16.6. The highest BCUT2D eigenvalue weighted by Crippen LogP contribution is 2.23. The number of nitrogens with zero attached hydrogens (tertiary/aromatic N) is 5. The first-order valence-corrected chi connectivity index (χ1v) is 5.89. The van der Waals surface area contributed by atoms with Crippen molar-refractivity contribution < 1.29 is 4.92 Å². The van der Waals surface area contributed by atoms with Gasteiger partial charge < -0.3 is 15.4 Å². The Morgan fingerprint density at radius 3 is 2.79 bits per heavy atom. The third kappa shape index (κ3) is 2.72. The zero-order valence-electron chi connectivity index (χ0n) is 11.1. The fraction of sp³-hybridized carbons (Fsp3) is 0.455. The van der Waals surface area contributed by atoms with Crippen molar-refractivity contribution in [1.29, 1.82) is 0 Å². The molecule has 1 N–H and O–H groups in total. The van der Waals surface area contributed by atoms with Gasteiger partial charge >= 0.3 is 5.82 Å². The third-order valence-electron chi connectivity index (χ3n) is 2.92. The van der Waals surface area contributed by atoms with E-state index in [9.17, 15) is 10.1 Å². The predicted molar refractivity (Wildman–Crippen MR) is 70.0 cm³/mol. The van der Waals surface area contributed by atoms with Crippen LogP contribution < -0.4 is 5.32 Å². The predicted octanol–water partition coefficient (Wildman–Crippen LogP) is 1.02. The number of hydrogen-bond acceptors (Lipinski definition) is 5. The van der Waals surface area contributed by atoms with Crippen LogP contribution in [0.1, 0.15) is 11.5 Å². The quantitative estimate of drug-likeness (QED) is 0.643. The average molecular weight is 264 g/mol. The van der Waals surface area contributed by atoms with Gasteiger partial charge in [0.15, 0.2) is 0 Å². The molecule has 0 aliphatic heterocycles. The molecule has 0 bridgehead atoms. The van der Waals surface area contributed by atoms with E-state index in [0.29, 0.717) is 24.6 Å². The molecule has 2 rings (SSSR count). The summed E-state index contributed by atoms with van der Waals surface area (Å²) in [7, 11) is 3.60. The molecule has 8 heteroatoms. The van der Waals surface area contributed by atoms with E-state index in [-0.39, 0.29) is 5.82 Å². The zero-order chi connectivity index (χ0) is 14.0. The Kier molecular flexibility index (Phi) is 3.50. The van der Waals surface area contributed by atoms with Crippen LogP contribution in [0.25, 0.3) is 0 Å². The maximum absolute atomic E-state index is 10.9. The van der Waals surface area contributed by atoms with Crippen molar-refractivity contribution in [1.82, 2.24) is 19.3 Å². The molecule has 0 aromatic carbocycles. The van der Waals surface area contributed by atoms with E-state index >= 15 is 0 Å². The molecule has 102 valence electrons. The lowest BCUT2D eigenvalue weighted by atomic mass is 10.3. The molecule has 0 saturated heterocycles. The Morgan fingerprint density at radius 2 is 2.21 bits per heavy atom. The van der Waals surface area contributed by atoms with Crippen molar-refractivity contribution in [2.24, 2.45) is 14.1 Å². The van der Waals surface area contributed by atoms with Gasteiger partial charge in [-0.2, -0.15) is 5.10 Å². The molecule has 0 atom stereocenters. The van der Waals surface area contributed by atoms with Crippen molar-refractivity contribution in [2.75, 3.05) is 11.9 Å². The van der Waals surface area contributed by atoms with Crippen LogP contribution in [0.2, 0.25) is 0 Å². The molecule has 8 nitrogen and oxygen atoms in total. The van der Waals surface area contributed by atoms with Crippen molar-refractivity contribution in [3.05, 3.63) is 33.9 Å². The molecule has 19 heavy (non-hydrogen) atoms. The first kappa shape index (κ1) is 13.1. The molecule has 0 unspecified atom stereocenters.